The van der Waals surface area contributed by atoms with E-state index >= 15 is 0 Å². The fourth-order valence-corrected chi connectivity index (χ4v) is 4.23. The minimum atomic E-state index is -0.330. The second-order valence-electron chi connectivity index (χ2n) is 9.00. The number of carbonyl (C=O) groups excluding carboxylic acids is 1. The zero-order chi connectivity index (χ0) is 20.0. The molecule has 3 rings (SSSR count). The van der Waals surface area contributed by atoms with Gasteiger partial charge in [0.1, 0.15) is 0 Å². The summed E-state index contributed by atoms with van der Waals surface area (Å²) in [4.78, 5) is 12.2. The van der Waals surface area contributed by atoms with E-state index in [0.717, 1.165) is 16.7 Å². The van der Waals surface area contributed by atoms with Gasteiger partial charge in [-0.3, -0.25) is 0 Å². The molecule has 0 heterocycles. The van der Waals surface area contributed by atoms with Crippen LogP contribution in [0, 0.1) is 6.92 Å². The van der Waals surface area contributed by atoms with Crippen molar-refractivity contribution in [2.24, 2.45) is 0 Å². The molecule has 0 radical (unpaired) electrons. The Kier molecular flexibility index (Phi) is 4.80. The monoisotopic (exact) mass is 362 g/mol. The molecule has 0 aromatic heterocycles. The molecule has 0 unspecified atom stereocenters. The number of hydrogen-bond acceptors (Lipinski definition) is 2. The maximum Gasteiger partial charge on any atom is 0.338 e. The standard InChI is InChI=1S/C25H30O2/c1-16-14-21-22(25(5,6)13-12-24(21,3)4)15-20(16)17(2)18-10-8-9-11-19(18)23(26)27-7/h8-11,14-15H,2,12-13H2,1,3-7H3. The predicted molar refractivity (Wildman–Crippen MR) is 112 cm³/mol. The SMILES string of the molecule is C=C(c1cc2c(cc1C)C(C)(C)CCC2(C)C)c1ccccc1C(=O)OC. The van der Waals surface area contributed by atoms with Gasteiger partial charge in [-0.25, -0.2) is 4.79 Å². The number of methoxy groups -OCH3 is 1. The van der Waals surface area contributed by atoms with Crippen LogP contribution in [0.4, 0.5) is 0 Å². The highest BCUT2D eigenvalue weighted by Crippen LogP contribution is 2.47. The second-order valence-corrected chi connectivity index (χ2v) is 9.00. The van der Waals surface area contributed by atoms with E-state index in [9.17, 15) is 4.79 Å². The van der Waals surface area contributed by atoms with Crippen molar-refractivity contribution in [1.29, 1.82) is 0 Å². The van der Waals surface area contributed by atoms with Gasteiger partial charge in [0.15, 0.2) is 0 Å². The maximum atomic E-state index is 12.2. The van der Waals surface area contributed by atoms with Crippen molar-refractivity contribution in [3.8, 4) is 0 Å². The summed E-state index contributed by atoms with van der Waals surface area (Å²) in [6, 6.07) is 12.2. The van der Waals surface area contributed by atoms with E-state index in [2.05, 4.69) is 53.3 Å². The lowest BCUT2D eigenvalue weighted by Gasteiger charge is -2.42. The average Bonchev–Trinajstić information content (AvgIpc) is 2.64. The van der Waals surface area contributed by atoms with Crippen molar-refractivity contribution >= 4 is 11.5 Å². The Bertz CT molecular complexity index is 916. The number of fused-ring (bicyclic) bond motifs is 1. The van der Waals surface area contributed by atoms with Crippen LogP contribution in [0.25, 0.3) is 5.57 Å². The van der Waals surface area contributed by atoms with E-state index in [-0.39, 0.29) is 16.8 Å². The van der Waals surface area contributed by atoms with Crippen LogP contribution in [-0.4, -0.2) is 13.1 Å². The topological polar surface area (TPSA) is 26.3 Å². The first kappa shape index (κ1) is 19.4. The van der Waals surface area contributed by atoms with Crippen LogP contribution in [0.1, 0.15) is 78.7 Å². The first-order chi connectivity index (χ1) is 12.6. The van der Waals surface area contributed by atoms with E-state index in [1.807, 2.05) is 18.2 Å². The number of aryl methyl sites for hydroxylation is 1. The van der Waals surface area contributed by atoms with Crippen LogP contribution in [0.15, 0.2) is 43.0 Å². The second kappa shape index (κ2) is 6.67. The molecule has 0 atom stereocenters. The van der Waals surface area contributed by atoms with Gasteiger partial charge in [0, 0.05) is 0 Å². The highest BCUT2D eigenvalue weighted by molar-refractivity contribution is 5.97. The van der Waals surface area contributed by atoms with Crippen LogP contribution in [0.2, 0.25) is 0 Å². The van der Waals surface area contributed by atoms with Crippen LogP contribution >= 0.6 is 0 Å². The Morgan fingerprint density at radius 1 is 0.926 bits per heavy atom. The molecule has 142 valence electrons. The normalized spacial score (nSPS) is 17.1. The van der Waals surface area contributed by atoms with E-state index in [4.69, 9.17) is 4.74 Å². The van der Waals surface area contributed by atoms with E-state index in [0.29, 0.717) is 5.56 Å². The molecule has 0 saturated heterocycles. The quantitative estimate of drug-likeness (QED) is 0.608. The molecule has 2 heteroatoms. The van der Waals surface area contributed by atoms with Crippen molar-refractivity contribution < 1.29 is 9.53 Å². The highest BCUT2D eigenvalue weighted by Gasteiger charge is 2.37. The fourth-order valence-electron chi connectivity index (χ4n) is 4.23. The molecule has 1 aliphatic rings. The number of esters is 1. The fraction of sp³-hybridized carbons (Fsp3) is 0.400. The smallest absolute Gasteiger partial charge is 0.338 e. The molecule has 0 spiro atoms. The minimum absolute atomic E-state index is 0.134. The molecule has 0 N–H and O–H groups in total. The Morgan fingerprint density at radius 3 is 2.00 bits per heavy atom. The van der Waals surface area contributed by atoms with Gasteiger partial charge < -0.3 is 4.74 Å². The average molecular weight is 363 g/mol. The number of carbonyl (C=O) groups is 1. The lowest BCUT2D eigenvalue weighted by molar-refractivity contribution is 0.0600. The van der Waals surface area contributed by atoms with Gasteiger partial charge in [0.25, 0.3) is 0 Å². The van der Waals surface area contributed by atoms with E-state index < -0.39 is 0 Å². The molecule has 27 heavy (non-hydrogen) atoms. The summed E-state index contributed by atoms with van der Waals surface area (Å²) in [6.07, 6.45) is 2.36. The predicted octanol–water partition coefficient (Wildman–Crippen LogP) is 6.19. The lowest BCUT2D eigenvalue weighted by atomic mass is 9.62. The van der Waals surface area contributed by atoms with Crippen molar-refractivity contribution in [3.05, 3.63) is 76.4 Å². The number of hydrogen-bond donors (Lipinski definition) is 0. The van der Waals surface area contributed by atoms with Gasteiger partial charge in [-0.05, 0) is 70.1 Å². The molecule has 2 aromatic carbocycles. The number of ether oxygens (including phenoxy) is 1. The Labute approximate surface area is 163 Å². The molecule has 2 nitrogen and oxygen atoms in total. The molecule has 0 fully saturated rings. The Morgan fingerprint density at radius 2 is 1.44 bits per heavy atom. The number of rotatable bonds is 3. The van der Waals surface area contributed by atoms with Gasteiger partial charge in [-0.1, -0.05) is 64.6 Å². The van der Waals surface area contributed by atoms with E-state index in [1.165, 1.54) is 36.6 Å². The molecule has 2 aromatic rings. The molecule has 0 bridgehead atoms. The number of benzene rings is 2. The van der Waals surface area contributed by atoms with Crippen LogP contribution in [0.5, 0.6) is 0 Å². The van der Waals surface area contributed by atoms with Gasteiger partial charge >= 0.3 is 5.97 Å². The molecular formula is C25H30O2. The highest BCUT2D eigenvalue weighted by atomic mass is 16.5. The van der Waals surface area contributed by atoms with Crippen LogP contribution in [-0.2, 0) is 15.6 Å². The molecule has 0 amide bonds. The van der Waals surface area contributed by atoms with Crippen molar-refractivity contribution in [2.75, 3.05) is 7.11 Å². The summed E-state index contributed by atoms with van der Waals surface area (Å²) in [5.41, 5.74) is 7.72. The zero-order valence-electron chi connectivity index (χ0n) is 17.4. The molecule has 1 aliphatic carbocycles. The largest absolute Gasteiger partial charge is 0.465 e. The summed E-state index contributed by atoms with van der Waals surface area (Å²) in [7, 11) is 1.41. The van der Waals surface area contributed by atoms with Crippen molar-refractivity contribution in [1.82, 2.24) is 0 Å². The summed E-state index contributed by atoms with van der Waals surface area (Å²) >= 11 is 0. The first-order valence-electron chi connectivity index (χ1n) is 9.61. The third-order valence-electron chi connectivity index (χ3n) is 6.18. The molecular weight excluding hydrogens is 332 g/mol. The minimum Gasteiger partial charge on any atom is -0.465 e. The van der Waals surface area contributed by atoms with Crippen molar-refractivity contribution in [2.45, 2.75) is 58.3 Å². The first-order valence-corrected chi connectivity index (χ1v) is 9.61. The third kappa shape index (κ3) is 3.34. The third-order valence-corrected chi connectivity index (χ3v) is 6.18. The molecule has 0 aliphatic heterocycles. The Balaban J connectivity index is 2.17. The van der Waals surface area contributed by atoms with Gasteiger partial charge in [0.05, 0.1) is 12.7 Å². The maximum absolute atomic E-state index is 12.2. The summed E-state index contributed by atoms with van der Waals surface area (Å²) < 4.78 is 4.96. The summed E-state index contributed by atoms with van der Waals surface area (Å²) in [5, 5.41) is 0. The van der Waals surface area contributed by atoms with E-state index in [1.54, 1.807) is 6.07 Å². The lowest BCUT2D eigenvalue weighted by Crippen LogP contribution is -2.34. The molecule has 0 saturated carbocycles. The van der Waals surface area contributed by atoms with Crippen LogP contribution < -0.4 is 0 Å². The zero-order valence-corrected chi connectivity index (χ0v) is 17.4. The Hall–Kier alpha value is -2.35. The van der Waals surface area contributed by atoms with Crippen LogP contribution in [0.3, 0.4) is 0 Å². The summed E-state index contributed by atoms with van der Waals surface area (Å²) in [5.74, 6) is -0.330. The van der Waals surface area contributed by atoms with Crippen molar-refractivity contribution in [3.63, 3.8) is 0 Å². The van der Waals surface area contributed by atoms with Gasteiger partial charge in [-0.2, -0.15) is 0 Å². The van der Waals surface area contributed by atoms with Gasteiger partial charge in [0.2, 0.25) is 0 Å². The van der Waals surface area contributed by atoms with Gasteiger partial charge in [-0.15, -0.1) is 0 Å². The summed E-state index contributed by atoms with van der Waals surface area (Å²) in [6.45, 7) is 15.8.